The van der Waals surface area contributed by atoms with E-state index >= 15 is 0 Å². The predicted octanol–water partition coefficient (Wildman–Crippen LogP) is 3.66. The predicted molar refractivity (Wildman–Crippen MR) is 73.1 cm³/mol. The molecule has 2 rings (SSSR count). The number of alkyl halides is 3. The van der Waals surface area contributed by atoms with Crippen molar-refractivity contribution in [2.45, 2.75) is 38.3 Å². The van der Waals surface area contributed by atoms with Crippen molar-refractivity contribution in [2.75, 3.05) is 13.7 Å². The molecule has 21 heavy (non-hydrogen) atoms. The highest BCUT2D eigenvalue weighted by atomic mass is 19.4. The molecule has 1 N–H and O–H groups in total. The highest BCUT2D eigenvalue weighted by Gasteiger charge is 2.39. The van der Waals surface area contributed by atoms with Gasteiger partial charge in [0.2, 0.25) is 0 Å². The molecule has 1 fully saturated rings. The summed E-state index contributed by atoms with van der Waals surface area (Å²) >= 11 is 0. The summed E-state index contributed by atoms with van der Waals surface area (Å²) in [6.07, 6.45) is -2.76. The monoisotopic (exact) mass is 303 g/mol. The van der Waals surface area contributed by atoms with Crippen molar-refractivity contribution in [1.29, 1.82) is 0 Å². The number of ether oxygens (including phenoxy) is 2. The minimum atomic E-state index is -4.70. The first kappa shape index (κ1) is 16.1. The summed E-state index contributed by atoms with van der Waals surface area (Å²) in [5, 5.41) is 3.23. The van der Waals surface area contributed by atoms with E-state index in [1.165, 1.54) is 12.1 Å². The summed E-state index contributed by atoms with van der Waals surface area (Å²) in [5.74, 6) is 0.219. The number of hydrogen-bond acceptors (Lipinski definition) is 3. The molecular weight excluding hydrogens is 283 g/mol. The molecule has 2 unspecified atom stereocenters. The molecule has 1 aromatic carbocycles. The highest BCUT2D eigenvalue weighted by Crippen LogP contribution is 2.42. The van der Waals surface area contributed by atoms with Crippen LogP contribution in [-0.2, 0) is 4.74 Å². The van der Waals surface area contributed by atoms with Crippen LogP contribution in [0, 0.1) is 5.92 Å². The van der Waals surface area contributed by atoms with Gasteiger partial charge in [0.15, 0.2) is 0 Å². The van der Waals surface area contributed by atoms with Gasteiger partial charge in [0.25, 0.3) is 0 Å². The normalized spacial score (nSPS) is 18.3. The van der Waals surface area contributed by atoms with Gasteiger partial charge in [-0.05, 0) is 31.4 Å². The van der Waals surface area contributed by atoms with Crippen LogP contribution >= 0.6 is 0 Å². The summed E-state index contributed by atoms with van der Waals surface area (Å²) in [7, 11) is 1.60. The van der Waals surface area contributed by atoms with Gasteiger partial charge in [-0.2, -0.15) is 0 Å². The molecule has 0 aliphatic heterocycles. The second-order valence-electron chi connectivity index (χ2n) is 5.16. The van der Waals surface area contributed by atoms with Gasteiger partial charge in [0.05, 0.1) is 12.1 Å². The van der Waals surface area contributed by atoms with Crippen molar-refractivity contribution in [1.82, 2.24) is 5.32 Å². The van der Waals surface area contributed by atoms with Gasteiger partial charge in [-0.25, -0.2) is 0 Å². The van der Waals surface area contributed by atoms with E-state index in [1.807, 2.05) is 6.92 Å². The molecule has 0 aromatic heterocycles. The number of hydrogen-bond donors (Lipinski definition) is 1. The zero-order valence-electron chi connectivity index (χ0n) is 12.1. The average molecular weight is 303 g/mol. The Hall–Kier alpha value is -1.27. The topological polar surface area (TPSA) is 30.5 Å². The number of halogens is 3. The molecule has 0 spiro atoms. The molecule has 1 saturated carbocycles. The molecule has 1 aliphatic carbocycles. The Morgan fingerprint density at radius 2 is 1.95 bits per heavy atom. The third-order valence-electron chi connectivity index (χ3n) is 3.59. The molecule has 1 aromatic rings. The van der Waals surface area contributed by atoms with Gasteiger partial charge in [0, 0.05) is 12.7 Å². The molecule has 1 aliphatic rings. The molecule has 0 amide bonds. The van der Waals surface area contributed by atoms with Crippen LogP contribution < -0.4 is 10.1 Å². The Morgan fingerprint density at radius 3 is 2.48 bits per heavy atom. The fraction of sp³-hybridized carbons (Fsp3) is 0.600. The van der Waals surface area contributed by atoms with E-state index in [-0.39, 0.29) is 17.9 Å². The van der Waals surface area contributed by atoms with E-state index in [0.717, 1.165) is 12.8 Å². The van der Waals surface area contributed by atoms with Crippen LogP contribution in [0.3, 0.4) is 0 Å². The van der Waals surface area contributed by atoms with Gasteiger partial charge in [0.1, 0.15) is 5.75 Å². The van der Waals surface area contributed by atoms with Crippen molar-refractivity contribution in [3.8, 4) is 5.75 Å². The Morgan fingerprint density at radius 1 is 1.29 bits per heavy atom. The lowest BCUT2D eigenvalue weighted by Crippen LogP contribution is -2.35. The fourth-order valence-electron chi connectivity index (χ4n) is 2.60. The van der Waals surface area contributed by atoms with Crippen LogP contribution in [0.1, 0.15) is 31.4 Å². The number of likely N-dealkylation sites (N-methyl/N-ethyl adjacent to an activating group) is 1. The molecule has 0 radical (unpaired) electrons. The SMILES string of the molecule is CCNC(c1ccccc1OC(F)(F)F)C(OC)C1CC1. The standard InChI is InChI=1S/C15H20F3NO2/c1-3-19-13(14(20-2)10-8-9-10)11-6-4-5-7-12(11)21-15(16,17)18/h4-7,10,13-14,19H,3,8-9H2,1-2H3. The number of rotatable bonds is 7. The molecule has 118 valence electrons. The Bertz CT molecular complexity index is 460. The third-order valence-corrected chi connectivity index (χ3v) is 3.59. The minimum absolute atomic E-state index is 0.150. The molecule has 2 atom stereocenters. The van der Waals surface area contributed by atoms with Crippen molar-refractivity contribution in [3.63, 3.8) is 0 Å². The smallest absolute Gasteiger partial charge is 0.405 e. The second kappa shape index (κ2) is 6.66. The molecule has 3 nitrogen and oxygen atoms in total. The van der Waals surface area contributed by atoms with Crippen LogP contribution in [0.2, 0.25) is 0 Å². The zero-order chi connectivity index (χ0) is 15.5. The fourth-order valence-corrected chi connectivity index (χ4v) is 2.60. The largest absolute Gasteiger partial charge is 0.573 e. The zero-order valence-corrected chi connectivity index (χ0v) is 12.1. The van der Waals surface area contributed by atoms with Gasteiger partial charge in [-0.15, -0.1) is 13.2 Å². The van der Waals surface area contributed by atoms with E-state index in [9.17, 15) is 13.2 Å². The maximum atomic E-state index is 12.6. The minimum Gasteiger partial charge on any atom is -0.405 e. The van der Waals surface area contributed by atoms with Gasteiger partial charge >= 0.3 is 6.36 Å². The lowest BCUT2D eigenvalue weighted by Gasteiger charge is -2.28. The van der Waals surface area contributed by atoms with Crippen LogP contribution in [-0.4, -0.2) is 26.1 Å². The number of methoxy groups -OCH3 is 1. The maximum Gasteiger partial charge on any atom is 0.573 e. The van der Waals surface area contributed by atoms with Crippen LogP contribution in [0.4, 0.5) is 13.2 Å². The highest BCUT2D eigenvalue weighted by molar-refractivity contribution is 5.37. The van der Waals surface area contributed by atoms with Gasteiger partial charge in [-0.1, -0.05) is 25.1 Å². The van der Waals surface area contributed by atoms with E-state index in [2.05, 4.69) is 10.1 Å². The average Bonchev–Trinajstić information content (AvgIpc) is 3.22. The molecule has 0 bridgehead atoms. The van der Waals surface area contributed by atoms with Crippen LogP contribution in [0.5, 0.6) is 5.75 Å². The van der Waals surface area contributed by atoms with Crippen molar-refractivity contribution < 1.29 is 22.6 Å². The summed E-state index contributed by atoms with van der Waals surface area (Å²) < 4.78 is 47.3. The van der Waals surface area contributed by atoms with Crippen molar-refractivity contribution in [2.24, 2.45) is 5.92 Å². The van der Waals surface area contributed by atoms with E-state index in [0.29, 0.717) is 18.0 Å². The Labute approximate surface area is 122 Å². The Kier molecular flexibility index (Phi) is 5.11. The van der Waals surface area contributed by atoms with E-state index < -0.39 is 6.36 Å². The van der Waals surface area contributed by atoms with Crippen LogP contribution in [0.15, 0.2) is 24.3 Å². The van der Waals surface area contributed by atoms with Crippen molar-refractivity contribution >= 4 is 0 Å². The number of nitrogens with one attached hydrogen (secondary N) is 1. The quantitative estimate of drug-likeness (QED) is 0.834. The number of benzene rings is 1. The van der Waals surface area contributed by atoms with Crippen molar-refractivity contribution in [3.05, 3.63) is 29.8 Å². The molecular formula is C15H20F3NO2. The number of para-hydroxylation sites is 1. The van der Waals surface area contributed by atoms with Crippen LogP contribution in [0.25, 0.3) is 0 Å². The lowest BCUT2D eigenvalue weighted by atomic mass is 9.97. The van der Waals surface area contributed by atoms with Gasteiger partial charge in [-0.3, -0.25) is 0 Å². The molecule has 0 saturated heterocycles. The van der Waals surface area contributed by atoms with E-state index in [4.69, 9.17) is 4.74 Å². The maximum absolute atomic E-state index is 12.6. The first-order chi connectivity index (χ1) is 9.96. The summed E-state index contributed by atoms with van der Waals surface area (Å²) in [4.78, 5) is 0. The third kappa shape index (κ3) is 4.35. The molecule has 0 heterocycles. The summed E-state index contributed by atoms with van der Waals surface area (Å²) in [6.45, 7) is 2.55. The van der Waals surface area contributed by atoms with E-state index in [1.54, 1.807) is 19.2 Å². The summed E-state index contributed by atoms with van der Waals surface area (Å²) in [6, 6.07) is 5.93. The molecule has 6 heteroatoms. The second-order valence-corrected chi connectivity index (χ2v) is 5.16. The first-order valence-corrected chi connectivity index (χ1v) is 7.07. The Balaban J connectivity index is 2.30. The lowest BCUT2D eigenvalue weighted by molar-refractivity contribution is -0.275. The van der Waals surface area contributed by atoms with Gasteiger partial charge < -0.3 is 14.8 Å². The first-order valence-electron chi connectivity index (χ1n) is 7.07. The summed E-state index contributed by atoms with van der Waals surface area (Å²) in [5.41, 5.74) is 0.482.